The molecule has 1 unspecified atom stereocenters. The van der Waals surface area contributed by atoms with E-state index < -0.39 is 17.4 Å². The number of aromatic amines is 1. The molecule has 2 aromatic heterocycles. The molecular formula is C19H16F2N4O2S. The quantitative estimate of drug-likeness (QED) is 0.459. The van der Waals surface area contributed by atoms with E-state index in [2.05, 4.69) is 15.3 Å². The van der Waals surface area contributed by atoms with Crippen molar-refractivity contribution in [2.45, 2.75) is 12.5 Å². The molecule has 0 aliphatic carbocycles. The lowest BCUT2D eigenvalue weighted by Gasteiger charge is -2.12. The van der Waals surface area contributed by atoms with E-state index in [0.29, 0.717) is 34.8 Å². The smallest absolute Gasteiger partial charge is 0.408 e. The molecule has 0 amide bonds. The van der Waals surface area contributed by atoms with E-state index in [1.165, 1.54) is 17.4 Å². The van der Waals surface area contributed by atoms with E-state index in [1.54, 1.807) is 18.3 Å². The molecule has 28 heavy (non-hydrogen) atoms. The summed E-state index contributed by atoms with van der Waals surface area (Å²) in [4.78, 5) is 19.1. The highest BCUT2D eigenvalue weighted by Crippen LogP contribution is 2.30. The third-order valence-corrected chi connectivity index (χ3v) is 5.21. The lowest BCUT2D eigenvalue weighted by atomic mass is 10.1. The zero-order chi connectivity index (χ0) is 19.7. The second kappa shape index (κ2) is 7.53. The Morgan fingerprint density at radius 3 is 2.89 bits per heavy atom. The van der Waals surface area contributed by atoms with Gasteiger partial charge in [-0.25, -0.2) is 18.6 Å². The second-order valence-electron chi connectivity index (χ2n) is 6.35. The Morgan fingerprint density at radius 2 is 2.07 bits per heavy atom. The van der Waals surface area contributed by atoms with E-state index in [1.807, 2.05) is 6.07 Å². The van der Waals surface area contributed by atoms with Crippen LogP contribution in [-0.2, 0) is 6.42 Å². The summed E-state index contributed by atoms with van der Waals surface area (Å²) in [6, 6.07) is 8.92. The number of nitrogens with one attached hydrogen (secondary N) is 2. The van der Waals surface area contributed by atoms with Crippen LogP contribution in [0, 0.1) is 11.6 Å². The molecule has 0 fully saturated rings. The van der Waals surface area contributed by atoms with Gasteiger partial charge in [0.25, 0.3) is 0 Å². The van der Waals surface area contributed by atoms with Crippen LogP contribution in [-0.4, -0.2) is 22.6 Å². The number of anilines is 1. The third kappa shape index (κ3) is 3.95. The molecule has 6 nitrogen and oxygen atoms in total. The first kappa shape index (κ1) is 18.3. The number of hydrogen-bond acceptors (Lipinski definition) is 6. The van der Waals surface area contributed by atoms with Crippen LogP contribution >= 0.6 is 11.3 Å². The average molecular weight is 402 g/mol. The summed E-state index contributed by atoms with van der Waals surface area (Å²) < 4.78 is 31.3. The zero-order valence-electron chi connectivity index (χ0n) is 14.5. The maximum Gasteiger partial charge on any atom is 0.417 e. The molecule has 1 atom stereocenters. The lowest BCUT2D eigenvalue weighted by Crippen LogP contribution is -2.31. The summed E-state index contributed by atoms with van der Waals surface area (Å²) in [6.07, 6.45) is 2.13. The van der Waals surface area contributed by atoms with E-state index in [4.69, 9.17) is 10.2 Å². The summed E-state index contributed by atoms with van der Waals surface area (Å²) in [5, 5.41) is 3.84. The summed E-state index contributed by atoms with van der Waals surface area (Å²) in [5.74, 6) is -2.24. The van der Waals surface area contributed by atoms with Gasteiger partial charge in [-0.15, -0.1) is 0 Å². The lowest BCUT2D eigenvalue weighted by molar-refractivity contribution is 0.506. The highest BCUT2D eigenvalue weighted by molar-refractivity contribution is 7.18. The number of nitrogens with two attached hydrogens (primary N) is 1. The van der Waals surface area contributed by atoms with Crippen LogP contribution < -0.4 is 16.8 Å². The predicted octanol–water partition coefficient (Wildman–Crippen LogP) is 3.50. The fourth-order valence-electron chi connectivity index (χ4n) is 2.85. The molecule has 144 valence electrons. The van der Waals surface area contributed by atoms with Crippen molar-refractivity contribution >= 4 is 27.6 Å². The van der Waals surface area contributed by atoms with E-state index in [-0.39, 0.29) is 6.04 Å². The molecule has 0 bridgehead atoms. The minimum atomic E-state index is -0.877. The number of nitrogens with zero attached hydrogens (tertiary/aromatic N) is 1. The average Bonchev–Trinajstić information content (AvgIpc) is 3.28. The van der Waals surface area contributed by atoms with Gasteiger partial charge in [0, 0.05) is 18.8 Å². The number of hydrogen-bond donors (Lipinski definition) is 3. The molecule has 0 spiro atoms. The molecule has 4 N–H and O–H groups in total. The molecule has 0 saturated heterocycles. The van der Waals surface area contributed by atoms with Crippen molar-refractivity contribution in [3.8, 4) is 10.4 Å². The van der Waals surface area contributed by atoms with Crippen molar-refractivity contribution in [3.05, 3.63) is 70.3 Å². The van der Waals surface area contributed by atoms with Crippen molar-refractivity contribution in [1.82, 2.24) is 9.97 Å². The number of rotatable bonds is 6. The maximum absolute atomic E-state index is 13.3. The van der Waals surface area contributed by atoms with Crippen LogP contribution in [0.2, 0.25) is 0 Å². The standard InChI is InChI=1S/C19H16F2N4O2S/c20-13-3-1-10(6-14(13)21)5-12(22)8-23-18-24-9-17(28-18)11-2-4-15-16(7-11)27-19(26)25-15/h1-4,6-7,9,12H,5,8,22H2,(H,23,24)(H,25,26). The molecule has 2 heterocycles. The summed E-state index contributed by atoms with van der Waals surface area (Å²) in [7, 11) is 0. The fourth-order valence-corrected chi connectivity index (χ4v) is 3.67. The molecule has 4 rings (SSSR count). The molecule has 0 aliphatic heterocycles. The van der Waals surface area contributed by atoms with Gasteiger partial charge in [-0.1, -0.05) is 23.5 Å². The van der Waals surface area contributed by atoms with Gasteiger partial charge in [-0.05, 0) is 41.8 Å². The largest absolute Gasteiger partial charge is 0.417 e. The number of fused-ring (bicyclic) bond motifs is 1. The Kier molecular flexibility index (Phi) is 4.93. The van der Waals surface area contributed by atoms with Gasteiger partial charge in [0.15, 0.2) is 22.3 Å². The monoisotopic (exact) mass is 402 g/mol. The topological polar surface area (TPSA) is 96.9 Å². The molecule has 0 aliphatic rings. The molecular weight excluding hydrogens is 386 g/mol. The Hall–Kier alpha value is -3.04. The van der Waals surface area contributed by atoms with Gasteiger partial charge >= 0.3 is 5.76 Å². The Balaban J connectivity index is 1.39. The van der Waals surface area contributed by atoms with Crippen molar-refractivity contribution in [2.24, 2.45) is 5.73 Å². The van der Waals surface area contributed by atoms with Gasteiger partial charge in [-0.2, -0.15) is 0 Å². The minimum absolute atomic E-state index is 0.289. The van der Waals surface area contributed by atoms with Crippen molar-refractivity contribution in [3.63, 3.8) is 0 Å². The van der Waals surface area contributed by atoms with Gasteiger partial charge < -0.3 is 15.5 Å². The highest BCUT2D eigenvalue weighted by atomic mass is 32.1. The van der Waals surface area contributed by atoms with Crippen LogP contribution in [0.4, 0.5) is 13.9 Å². The predicted molar refractivity (Wildman–Crippen MR) is 104 cm³/mol. The normalized spacial score (nSPS) is 12.4. The Labute approximate surface area is 162 Å². The molecule has 4 aromatic rings. The second-order valence-corrected chi connectivity index (χ2v) is 7.38. The number of oxazole rings is 1. The van der Waals surface area contributed by atoms with Crippen LogP contribution in [0.25, 0.3) is 21.5 Å². The highest BCUT2D eigenvalue weighted by Gasteiger charge is 2.11. The van der Waals surface area contributed by atoms with Crippen LogP contribution in [0.5, 0.6) is 0 Å². The third-order valence-electron chi connectivity index (χ3n) is 4.21. The van der Waals surface area contributed by atoms with Crippen molar-refractivity contribution < 1.29 is 13.2 Å². The van der Waals surface area contributed by atoms with Crippen molar-refractivity contribution in [1.29, 1.82) is 0 Å². The number of thiazole rings is 1. The van der Waals surface area contributed by atoms with Gasteiger partial charge in [0.1, 0.15) is 0 Å². The SMILES string of the molecule is NC(CNc1ncc(-c2ccc3[nH]c(=O)oc3c2)s1)Cc1ccc(F)c(F)c1. The van der Waals surface area contributed by atoms with E-state index in [0.717, 1.165) is 22.6 Å². The van der Waals surface area contributed by atoms with Gasteiger partial charge in [-0.3, -0.25) is 4.98 Å². The van der Waals surface area contributed by atoms with E-state index in [9.17, 15) is 13.6 Å². The number of H-pyrrole nitrogens is 1. The molecule has 9 heteroatoms. The summed E-state index contributed by atoms with van der Waals surface area (Å²) >= 11 is 1.44. The maximum atomic E-state index is 13.3. The van der Waals surface area contributed by atoms with Crippen LogP contribution in [0.1, 0.15) is 5.56 Å². The number of aromatic nitrogens is 2. The fraction of sp³-hybridized carbons (Fsp3) is 0.158. The molecule has 2 aromatic carbocycles. The first-order chi connectivity index (χ1) is 13.5. The number of halogens is 2. The number of benzene rings is 2. The zero-order valence-corrected chi connectivity index (χ0v) is 15.4. The Morgan fingerprint density at radius 1 is 1.21 bits per heavy atom. The summed E-state index contributed by atoms with van der Waals surface area (Å²) in [5.41, 5.74) is 8.72. The van der Waals surface area contributed by atoms with Crippen LogP contribution in [0.15, 0.2) is 51.8 Å². The van der Waals surface area contributed by atoms with Gasteiger partial charge in [0.05, 0.1) is 10.4 Å². The summed E-state index contributed by atoms with van der Waals surface area (Å²) in [6.45, 7) is 0.428. The first-order valence-electron chi connectivity index (χ1n) is 8.50. The molecule has 0 radical (unpaired) electrons. The van der Waals surface area contributed by atoms with Crippen molar-refractivity contribution in [2.75, 3.05) is 11.9 Å². The first-order valence-corrected chi connectivity index (χ1v) is 9.32. The molecule has 0 saturated carbocycles. The Bertz CT molecular complexity index is 1180. The van der Waals surface area contributed by atoms with Crippen LogP contribution in [0.3, 0.4) is 0 Å². The van der Waals surface area contributed by atoms with Gasteiger partial charge in [0.2, 0.25) is 0 Å². The minimum Gasteiger partial charge on any atom is -0.408 e. The van der Waals surface area contributed by atoms with E-state index >= 15 is 0 Å².